The second-order valence-corrected chi connectivity index (χ2v) is 9.39. The van der Waals surface area contributed by atoms with Gasteiger partial charge in [-0.15, -0.1) is 0 Å². The third-order valence-corrected chi connectivity index (χ3v) is 6.86. The molecule has 1 spiro atoms. The van der Waals surface area contributed by atoms with Crippen molar-refractivity contribution in [3.63, 3.8) is 0 Å². The molecule has 2 aliphatic rings. The summed E-state index contributed by atoms with van der Waals surface area (Å²) in [6, 6.07) is 7.26. The van der Waals surface area contributed by atoms with Gasteiger partial charge in [-0.25, -0.2) is 8.42 Å². The Bertz CT molecular complexity index is 663. The highest BCUT2D eigenvalue weighted by Crippen LogP contribution is 2.42. The summed E-state index contributed by atoms with van der Waals surface area (Å²) in [4.78, 5) is 2.82. The molecular weight excluding hydrogens is 338 g/mol. The molecule has 0 amide bonds. The van der Waals surface area contributed by atoms with E-state index in [9.17, 15) is 8.42 Å². The summed E-state index contributed by atoms with van der Waals surface area (Å²) in [6.45, 7) is 4.60. The van der Waals surface area contributed by atoms with Crippen LogP contribution < -0.4 is 0 Å². The lowest BCUT2D eigenvalue weighted by molar-refractivity contribution is -0.0721. The molecule has 1 atom stereocenters. The Morgan fingerprint density at radius 1 is 1.24 bits per heavy atom. The molecule has 0 saturated carbocycles. The molecule has 3 rings (SSSR count). The summed E-state index contributed by atoms with van der Waals surface area (Å²) >= 11 is 0. The first-order chi connectivity index (χ1) is 11.9. The zero-order chi connectivity index (χ0) is 17.9. The predicted molar refractivity (Wildman–Crippen MR) is 97.3 cm³/mol. The zero-order valence-corrected chi connectivity index (χ0v) is 16.1. The van der Waals surface area contributed by atoms with Crippen molar-refractivity contribution in [3.05, 3.63) is 29.8 Å². The number of piperidine rings is 1. The van der Waals surface area contributed by atoms with Crippen LogP contribution >= 0.6 is 0 Å². The van der Waals surface area contributed by atoms with E-state index in [2.05, 4.69) is 4.90 Å². The molecule has 1 aromatic carbocycles. The molecule has 2 aliphatic heterocycles. The fourth-order valence-electron chi connectivity index (χ4n) is 4.20. The summed E-state index contributed by atoms with van der Waals surface area (Å²) in [7, 11) is -1.36. The van der Waals surface area contributed by atoms with Crippen LogP contribution in [0.4, 0.5) is 0 Å². The zero-order valence-electron chi connectivity index (χ0n) is 15.2. The highest BCUT2D eigenvalue weighted by Gasteiger charge is 2.45. The van der Waals surface area contributed by atoms with Crippen molar-refractivity contribution in [3.8, 4) is 0 Å². The minimum atomic E-state index is -3.12. The van der Waals surface area contributed by atoms with Crippen LogP contribution in [0, 0.1) is 5.92 Å². The third-order valence-electron chi connectivity index (χ3n) is 5.73. The lowest BCUT2D eigenvalue weighted by Gasteiger charge is -2.42. The Hall–Kier alpha value is -0.950. The second kappa shape index (κ2) is 7.74. The topological polar surface area (TPSA) is 55.8 Å². The SMILES string of the molecule is COCCC1CCOC12CCN(Cc1ccc(S(C)(=O)=O)cc1)CC2. The van der Waals surface area contributed by atoms with Gasteiger partial charge in [0.2, 0.25) is 0 Å². The molecule has 2 fully saturated rings. The van der Waals surface area contributed by atoms with E-state index in [0.717, 1.165) is 64.1 Å². The maximum atomic E-state index is 11.6. The molecule has 2 heterocycles. The van der Waals surface area contributed by atoms with Crippen molar-refractivity contribution in [1.29, 1.82) is 0 Å². The van der Waals surface area contributed by atoms with E-state index in [4.69, 9.17) is 9.47 Å². The maximum absolute atomic E-state index is 11.6. The summed E-state index contributed by atoms with van der Waals surface area (Å²) in [5.74, 6) is 0.614. The molecule has 0 aliphatic carbocycles. The molecule has 0 radical (unpaired) electrons. The van der Waals surface area contributed by atoms with E-state index < -0.39 is 9.84 Å². The van der Waals surface area contributed by atoms with Crippen LogP contribution in [0.5, 0.6) is 0 Å². The van der Waals surface area contributed by atoms with Gasteiger partial charge in [0.05, 0.1) is 10.5 Å². The average molecular weight is 368 g/mol. The first kappa shape index (κ1) is 18.8. The van der Waals surface area contributed by atoms with Crippen molar-refractivity contribution in [2.24, 2.45) is 5.92 Å². The van der Waals surface area contributed by atoms with Gasteiger partial charge in [-0.1, -0.05) is 12.1 Å². The quantitative estimate of drug-likeness (QED) is 0.773. The van der Waals surface area contributed by atoms with Crippen LogP contribution in [0.1, 0.15) is 31.2 Å². The predicted octanol–water partition coefficient (Wildman–Crippen LogP) is 2.50. The molecule has 5 nitrogen and oxygen atoms in total. The van der Waals surface area contributed by atoms with E-state index in [-0.39, 0.29) is 5.60 Å². The van der Waals surface area contributed by atoms with Crippen LogP contribution in [-0.2, 0) is 25.9 Å². The molecule has 140 valence electrons. The summed E-state index contributed by atoms with van der Waals surface area (Å²) in [5.41, 5.74) is 1.21. The van der Waals surface area contributed by atoms with Crippen molar-refractivity contribution < 1.29 is 17.9 Å². The van der Waals surface area contributed by atoms with E-state index in [1.807, 2.05) is 12.1 Å². The standard InChI is InChI=1S/C19H29NO4S/c1-23-13-7-17-8-14-24-19(17)9-11-20(12-10-19)15-16-3-5-18(6-4-16)25(2,21)22/h3-6,17H,7-15H2,1-2H3. The molecule has 0 bridgehead atoms. The lowest BCUT2D eigenvalue weighted by atomic mass is 9.78. The number of ether oxygens (including phenoxy) is 2. The fourth-order valence-corrected chi connectivity index (χ4v) is 4.83. The number of hydrogen-bond acceptors (Lipinski definition) is 5. The normalized spacial score (nSPS) is 24.0. The molecule has 2 saturated heterocycles. The summed E-state index contributed by atoms with van der Waals surface area (Å²) in [6.07, 6.45) is 5.62. The number of methoxy groups -OCH3 is 1. The van der Waals surface area contributed by atoms with Gasteiger partial charge < -0.3 is 9.47 Å². The lowest BCUT2D eigenvalue weighted by Crippen LogP contribution is -2.47. The Morgan fingerprint density at radius 3 is 2.52 bits per heavy atom. The van der Waals surface area contributed by atoms with Crippen LogP contribution in [0.25, 0.3) is 0 Å². The molecule has 0 aromatic heterocycles. The molecule has 25 heavy (non-hydrogen) atoms. The smallest absolute Gasteiger partial charge is 0.175 e. The van der Waals surface area contributed by atoms with Gasteiger partial charge in [0.1, 0.15) is 0 Å². The third kappa shape index (κ3) is 4.42. The molecule has 0 N–H and O–H groups in total. The minimum Gasteiger partial charge on any atom is -0.385 e. The van der Waals surface area contributed by atoms with E-state index in [1.54, 1.807) is 19.2 Å². The Balaban J connectivity index is 1.56. The van der Waals surface area contributed by atoms with E-state index in [0.29, 0.717) is 10.8 Å². The van der Waals surface area contributed by atoms with Crippen molar-refractivity contribution in [2.75, 3.05) is 39.7 Å². The molecule has 1 unspecified atom stereocenters. The minimum absolute atomic E-state index is 0.0508. The number of nitrogens with zero attached hydrogens (tertiary/aromatic N) is 1. The number of sulfone groups is 1. The van der Waals surface area contributed by atoms with Gasteiger partial charge in [0, 0.05) is 46.2 Å². The molecule has 1 aromatic rings. The molecular formula is C19H29NO4S. The summed E-state index contributed by atoms with van der Waals surface area (Å²) < 4.78 is 34.6. The first-order valence-corrected chi connectivity index (χ1v) is 11.0. The van der Waals surface area contributed by atoms with Gasteiger partial charge in [-0.2, -0.15) is 0 Å². The Morgan fingerprint density at radius 2 is 1.92 bits per heavy atom. The van der Waals surface area contributed by atoms with Gasteiger partial charge in [0.25, 0.3) is 0 Å². The second-order valence-electron chi connectivity index (χ2n) is 7.37. The number of hydrogen-bond donors (Lipinski definition) is 0. The van der Waals surface area contributed by atoms with Gasteiger partial charge >= 0.3 is 0 Å². The van der Waals surface area contributed by atoms with Crippen molar-refractivity contribution >= 4 is 9.84 Å². The van der Waals surface area contributed by atoms with Crippen molar-refractivity contribution in [2.45, 2.75) is 42.7 Å². The Kier molecular flexibility index (Phi) is 5.83. The fraction of sp³-hybridized carbons (Fsp3) is 0.684. The van der Waals surface area contributed by atoms with Gasteiger partial charge in [-0.3, -0.25) is 4.90 Å². The summed E-state index contributed by atoms with van der Waals surface area (Å²) in [5, 5.41) is 0. The van der Waals surface area contributed by atoms with E-state index in [1.165, 1.54) is 6.26 Å². The highest BCUT2D eigenvalue weighted by atomic mass is 32.2. The molecule has 6 heteroatoms. The van der Waals surface area contributed by atoms with Gasteiger partial charge in [-0.05, 0) is 49.3 Å². The number of rotatable bonds is 6. The van der Waals surface area contributed by atoms with Crippen LogP contribution in [-0.4, -0.2) is 58.6 Å². The van der Waals surface area contributed by atoms with E-state index >= 15 is 0 Å². The highest BCUT2D eigenvalue weighted by molar-refractivity contribution is 7.90. The Labute approximate surface area is 151 Å². The first-order valence-electron chi connectivity index (χ1n) is 9.07. The number of benzene rings is 1. The van der Waals surface area contributed by atoms with Crippen LogP contribution in [0.3, 0.4) is 0 Å². The largest absolute Gasteiger partial charge is 0.385 e. The monoisotopic (exact) mass is 367 g/mol. The van der Waals surface area contributed by atoms with Gasteiger partial charge in [0.15, 0.2) is 9.84 Å². The number of likely N-dealkylation sites (tertiary alicyclic amines) is 1. The van der Waals surface area contributed by atoms with Crippen LogP contribution in [0.15, 0.2) is 29.2 Å². The van der Waals surface area contributed by atoms with Crippen molar-refractivity contribution in [1.82, 2.24) is 4.90 Å². The maximum Gasteiger partial charge on any atom is 0.175 e. The average Bonchev–Trinajstić information content (AvgIpc) is 2.97. The van der Waals surface area contributed by atoms with Crippen LogP contribution in [0.2, 0.25) is 0 Å².